The summed E-state index contributed by atoms with van der Waals surface area (Å²) in [5, 5.41) is 9.73. The van der Waals surface area contributed by atoms with E-state index in [2.05, 4.69) is 11.8 Å². The number of carbonyl (C=O) groups is 1. The number of rotatable bonds is 5. The molecule has 1 amide bonds. The second-order valence-corrected chi connectivity index (χ2v) is 6.03. The molecular formula is C14H26N2O2. The topological polar surface area (TPSA) is 66.6 Å². The van der Waals surface area contributed by atoms with E-state index in [0.717, 1.165) is 38.5 Å². The number of hydrogen-bond donors (Lipinski definition) is 2. The van der Waals surface area contributed by atoms with Crippen LogP contribution in [-0.2, 0) is 4.79 Å². The van der Waals surface area contributed by atoms with Crippen molar-refractivity contribution in [2.45, 2.75) is 70.1 Å². The van der Waals surface area contributed by atoms with Crippen LogP contribution in [0.25, 0.3) is 0 Å². The van der Waals surface area contributed by atoms with Gasteiger partial charge in [0.2, 0.25) is 5.91 Å². The Balaban J connectivity index is 1.83. The van der Waals surface area contributed by atoms with Crippen molar-refractivity contribution in [1.29, 1.82) is 0 Å². The van der Waals surface area contributed by atoms with Gasteiger partial charge < -0.3 is 15.7 Å². The minimum atomic E-state index is -0.192. The lowest BCUT2D eigenvalue weighted by Gasteiger charge is -2.37. The number of aliphatic hydroxyl groups is 1. The van der Waals surface area contributed by atoms with E-state index in [4.69, 9.17) is 5.73 Å². The molecule has 2 bridgehead atoms. The second-order valence-electron chi connectivity index (χ2n) is 6.03. The van der Waals surface area contributed by atoms with E-state index in [0.29, 0.717) is 36.9 Å². The smallest absolute Gasteiger partial charge is 0.223 e. The first-order chi connectivity index (χ1) is 8.61. The lowest BCUT2D eigenvalue weighted by molar-refractivity contribution is -0.137. The highest BCUT2D eigenvalue weighted by atomic mass is 16.3. The molecule has 0 aromatic heterocycles. The van der Waals surface area contributed by atoms with Gasteiger partial charge in [-0.15, -0.1) is 0 Å². The minimum Gasteiger partial charge on any atom is -0.393 e. The standard InChI is InChI=1S/C14H26N2O2/c1-10(6-7-15)2-5-14(18)16-11-3-4-12(16)9-13(17)8-11/h10-13,17H,2-9,15H2,1H3. The molecule has 0 aromatic rings. The van der Waals surface area contributed by atoms with Gasteiger partial charge in [-0.1, -0.05) is 6.92 Å². The molecule has 2 fully saturated rings. The molecule has 2 saturated heterocycles. The third-order valence-corrected chi connectivity index (χ3v) is 4.51. The third-order valence-electron chi connectivity index (χ3n) is 4.51. The van der Waals surface area contributed by atoms with Crippen molar-refractivity contribution in [3.05, 3.63) is 0 Å². The van der Waals surface area contributed by atoms with Crippen molar-refractivity contribution >= 4 is 5.91 Å². The molecule has 0 radical (unpaired) electrons. The van der Waals surface area contributed by atoms with Crippen molar-refractivity contribution in [1.82, 2.24) is 4.90 Å². The van der Waals surface area contributed by atoms with Crippen LogP contribution in [0.4, 0.5) is 0 Å². The molecule has 2 aliphatic heterocycles. The number of nitrogens with two attached hydrogens (primary N) is 1. The van der Waals surface area contributed by atoms with Gasteiger partial charge in [0.15, 0.2) is 0 Å². The Morgan fingerprint density at radius 3 is 2.50 bits per heavy atom. The molecule has 0 aromatic carbocycles. The van der Waals surface area contributed by atoms with Crippen molar-refractivity contribution in [3.63, 3.8) is 0 Å². The highest BCUT2D eigenvalue weighted by Crippen LogP contribution is 2.36. The fraction of sp³-hybridized carbons (Fsp3) is 0.929. The Morgan fingerprint density at radius 1 is 1.33 bits per heavy atom. The molecule has 0 spiro atoms. The molecule has 4 heteroatoms. The van der Waals surface area contributed by atoms with Crippen LogP contribution in [0.1, 0.15) is 51.9 Å². The lowest BCUT2D eigenvalue weighted by Crippen LogP contribution is -2.48. The summed E-state index contributed by atoms with van der Waals surface area (Å²) in [6.45, 7) is 2.87. The molecule has 104 valence electrons. The first kappa shape index (κ1) is 13.8. The first-order valence-corrected chi connectivity index (χ1v) is 7.31. The summed E-state index contributed by atoms with van der Waals surface area (Å²) in [4.78, 5) is 14.4. The molecule has 0 aliphatic carbocycles. The third kappa shape index (κ3) is 3.04. The molecule has 3 N–H and O–H groups in total. The van der Waals surface area contributed by atoms with Crippen LogP contribution in [0.5, 0.6) is 0 Å². The normalized spacial score (nSPS) is 32.6. The van der Waals surface area contributed by atoms with E-state index in [1.807, 2.05) is 0 Å². The molecule has 18 heavy (non-hydrogen) atoms. The van der Waals surface area contributed by atoms with E-state index < -0.39 is 0 Å². The van der Waals surface area contributed by atoms with Crippen molar-refractivity contribution in [2.75, 3.05) is 6.54 Å². The van der Waals surface area contributed by atoms with Crippen molar-refractivity contribution in [3.8, 4) is 0 Å². The molecule has 3 unspecified atom stereocenters. The fourth-order valence-corrected chi connectivity index (χ4v) is 3.48. The monoisotopic (exact) mass is 254 g/mol. The zero-order chi connectivity index (χ0) is 13.1. The van der Waals surface area contributed by atoms with Crippen LogP contribution in [0.2, 0.25) is 0 Å². The molecule has 2 aliphatic rings. The molecular weight excluding hydrogens is 228 g/mol. The minimum absolute atomic E-state index is 0.192. The SMILES string of the molecule is CC(CCN)CCC(=O)N1C2CCC1CC(O)C2. The van der Waals surface area contributed by atoms with Gasteiger partial charge in [0.05, 0.1) is 6.10 Å². The number of fused-ring (bicyclic) bond motifs is 2. The Morgan fingerprint density at radius 2 is 1.94 bits per heavy atom. The van der Waals surface area contributed by atoms with E-state index in [1.165, 1.54) is 0 Å². The number of nitrogens with zero attached hydrogens (tertiary/aromatic N) is 1. The Hall–Kier alpha value is -0.610. The summed E-state index contributed by atoms with van der Waals surface area (Å²) in [6, 6.07) is 0.604. The fourth-order valence-electron chi connectivity index (χ4n) is 3.48. The number of piperidine rings is 1. The van der Waals surface area contributed by atoms with Crippen LogP contribution in [0, 0.1) is 5.92 Å². The van der Waals surface area contributed by atoms with E-state index in [1.54, 1.807) is 0 Å². The molecule has 4 nitrogen and oxygen atoms in total. The maximum absolute atomic E-state index is 12.3. The van der Waals surface area contributed by atoms with Gasteiger partial charge in [0.25, 0.3) is 0 Å². The Labute approximate surface area is 110 Å². The maximum atomic E-state index is 12.3. The van der Waals surface area contributed by atoms with E-state index >= 15 is 0 Å². The summed E-state index contributed by atoms with van der Waals surface area (Å²) < 4.78 is 0. The number of aliphatic hydroxyl groups excluding tert-OH is 1. The van der Waals surface area contributed by atoms with Gasteiger partial charge in [-0.3, -0.25) is 4.79 Å². The molecule has 3 atom stereocenters. The van der Waals surface area contributed by atoms with Crippen LogP contribution in [0.15, 0.2) is 0 Å². The maximum Gasteiger partial charge on any atom is 0.223 e. The van der Waals surface area contributed by atoms with Gasteiger partial charge in [-0.05, 0) is 51.0 Å². The summed E-state index contributed by atoms with van der Waals surface area (Å²) >= 11 is 0. The van der Waals surface area contributed by atoms with E-state index in [9.17, 15) is 9.90 Å². The lowest BCUT2D eigenvalue weighted by atomic mass is 9.97. The first-order valence-electron chi connectivity index (χ1n) is 7.31. The van der Waals surface area contributed by atoms with Gasteiger partial charge in [0, 0.05) is 18.5 Å². The largest absolute Gasteiger partial charge is 0.393 e. The highest BCUT2D eigenvalue weighted by Gasteiger charge is 2.42. The Bertz CT molecular complexity index is 282. The number of carbonyl (C=O) groups excluding carboxylic acids is 1. The van der Waals surface area contributed by atoms with Crippen LogP contribution in [-0.4, -0.2) is 40.6 Å². The van der Waals surface area contributed by atoms with Crippen LogP contribution < -0.4 is 5.73 Å². The summed E-state index contributed by atoms with van der Waals surface area (Å²) in [6.07, 6.45) is 6.10. The predicted molar refractivity (Wildman–Crippen MR) is 71.0 cm³/mol. The zero-order valence-corrected chi connectivity index (χ0v) is 11.3. The summed E-state index contributed by atoms with van der Waals surface area (Å²) in [5.74, 6) is 0.824. The van der Waals surface area contributed by atoms with Crippen LogP contribution in [0.3, 0.4) is 0 Å². The quantitative estimate of drug-likeness (QED) is 0.776. The van der Waals surface area contributed by atoms with Gasteiger partial charge in [-0.25, -0.2) is 0 Å². The van der Waals surface area contributed by atoms with Gasteiger partial charge >= 0.3 is 0 Å². The van der Waals surface area contributed by atoms with Crippen molar-refractivity contribution in [2.24, 2.45) is 11.7 Å². The van der Waals surface area contributed by atoms with Gasteiger partial charge in [0.1, 0.15) is 0 Å². The molecule has 0 saturated carbocycles. The average molecular weight is 254 g/mol. The predicted octanol–water partition coefficient (Wildman–Crippen LogP) is 1.27. The number of amides is 1. The number of hydrogen-bond acceptors (Lipinski definition) is 3. The van der Waals surface area contributed by atoms with Crippen molar-refractivity contribution < 1.29 is 9.90 Å². The molecule has 2 heterocycles. The second kappa shape index (κ2) is 6.02. The highest BCUT2D eigenvalue weighted by molar-refractivity contribution is 5.77. The van der Waals surface area contributed by atoms with Crippen LogP contribution >= 0.6 is 0 Å². The summed E-state index contributed by atoms with van der Waals surface area (Å²) in [7, 11) is 0. The Kier molecular flexibility index (Phi) is 4.62. The summed E-state index contributed by atoms with van der Waals surface area (Å²) in [5.41, 5.74) is 5.52. The molecule has 2 rings (SSSR count). The average Bonchev–Trinajstić information content (AvgIpc) is 2.59. The van der Waals surface area contributed by atoms with E-state index in [-0.39, 0.29) is 6.10 Å². The van der Waals surface area contributed by atoms with Gasteiger partial charge in [-0.2, -0.15) is 0 Å². The zero-order valence-electron chi connectivity index (χ0n) is 11.3.